The number of benzene rings is 1. The molecular weight excluding hydrogens is 281 g/mol. The van der Waals surface area contributed by atoms with Gasteiger partial charge in [0.05, 0.1) is 0 Å². The number of amides is 1. The lowest BCUT2D eigenvalue weighted by Gasteiger charge is -2.34. The van der Waals surface area contributed by atoms with Crippen molar-refractivity contribution in [3.63, 3.8) is 0 Å². The molecule has 4 nitrogen and oxygen atoms in total. The summed E-state index contributed by atoms with van der Waals surface area (Å²) in [5.74, 6) is 0.378. The highest BCUT2D eigenvalue weighted by Crippen LogP contribution is 2.40. The number of piperidine rings is 1. The zero-order valence-corrected chi connectivity index (χ0v) is 13.1. The molecule has 0 bridgehead atoms. The number of likely N-dealkylation sites (tertiary alicyclic amines) is 1. The van der Waals surface area contributed by atoms with Crippen LogP contribution in [0.4, 0.5) is 4.39 Å². The van der Waals surface area contributed by atoms with E-state index in [9.17, 15) is 9.18 Å². The van der Waals surface area contributed by atoms with E-state index in [1.807, 2.05) is 18.7 Å². The average Bonchev–Trinajstić information content (AvgIpc) is 3.27. The molecule has 1 amide bonds. The van der Waals surface area contributed by atoms with E-state index in [0.717, 1.165) is 31.5 Å². The standard InChI is InChI=1S/C17H22FN3O/c1-12(13-5-7-15(18)8-6-13)10-16(22)21-9-3-4-14(11-21)17(2)19-20-17/h5-8,12,14H,3-4,9-11H2,1-2H3. The number of hydrogen-bond acceptors (Lipinski definition) is 3. The number of rotatable bonds is 4. The van der Waals surface area contributed by atoms with Crippen LogP contribution >= 0.6 is 0 Å². The maximum absolute atomic E-state index is 13.0. The van der Waals surface area contributed by atoms with Crippen LogP contribution in [0.3, 0.4) is 0 Å². The van der Waals surface area contributed by atoms with Crippen molar-refractivity contribution in [1.29, 1.82) is 0 Å². The van der Waals surface area contributed by atoms with Gasteiger partial charge in [-0.2, -0.15) is 10.2 Å². The number of carbonyl (C=O) groups is 1. The van der Waals surface area contributed by atoms with E-state index in [4.69, 9.17) is 0 Å². The Morgan fingerprint density at radius 2 is 2.09 bits per heavy atom. The lowest BCUT2D eigenvalue weighted by atomic mass is 9.88. The normalized spacial score (nSPS) is 24.1. The van der Waals surface area contributed by atoms with Crippen molar-refractivity contribution in [2.45, 2.75) is 44.7 Å². The minimum absolute atomic E-state index is 0.0966. The maximum atomic E-state index is 13.0. The summed E-state index contributed by atoms with van der Waals surface area (Å²) in [5, 5.41) is 8.24. The van der Waals surface area contributed by atoms with Crippen molar-refractivity contribution in [3.05, 3.63) is 35.6 Å². The molecule has 5 heteroatoms. The first-order valence-corrected chi connectivity index (χ1v) is 7.95. The van der Waals surface area contributed by atoms with Gasteiger partial charge in [-0.25, -0.2) is 4.39 Å². The Bertz CT molecular complexity index is 578. The summed E-state index contributed by atoms with van der Waals surface area (Å²) >= 11 is 0. The Kier molecular flexibility index (Phi) is 3.98. The smallest absolute Gasteiger partial charge is 0.223 e. The van der Waals surface area contributed by atoms with Crippen LogP contribution in [0.25, 0.3) is 0 Å². The second-order valence-corrected chi connectivity index (χ2v) is 6.63. The van der Waals surface area contributed by atoms with Gasteiger partial charge >= 0.3 is 0 Å². The molecule has 22 heavy (non-hydrogen) atoms. The van der Waals surface area contributed by atoms with Crippen molar-refractivity contribution in [3.8, 4) is 0 Å². The molecule has 0 saturated carbocycles. The summed E-state index contributed by atoms with van der Waals surface area (Å²) in [7, 11) is 0. The summed E-state index contributed by atoms with van der Waals surface area (Å²) in [5.41, 5.74) is 0.754. The first-order valence-electron chi connectivity index (χ1n) is 7.95. The predicted octanol–water partition coefficient (Wildman–Crippen LogP) is 3.74. The molecule has 2 atom stereocenters. The summed E-state index contributed by atoms with van der Waals surface area (Å²) in [6.07, 6.45) is 2.56. The van der Waals surface area contributed by atoms with Gasteiger partial charge in [0, 0.05) is 25.4 Å². The Labute approximate surface area is 130 Å². The summed E-state index contributed by atoms with van der Waals surface area (Å²) in [6, 6.07) is 6.42. The molecule has 0 aliphatic carbocycles. The second-order valence-electron chi connectivity index (χ2n) is 6.63. The highest BCUT2D eigenvalue weighted by molar-refractivity contribution is 5.77. The number of nitrogens with zero attached hydrogens (tertiary/aromatic N) is 3. The lowest BCUT2D eigenvalue weighted by molar-refractivity contribution is -0.133. The fourth-order valence-electron chi connectivity index (χ4n) is 3.19. The van der Waals surface area contributed by atoms with Crippen LogP contribution in [0, 0.1) is 11.7 Å². The molecule has 1 fully saturated rings. The third-order valence-electron chi connectivity index (χ3n) is 4.88. The van der Waals surface area contributed by atoms with E-state index >= 15 is 0 Å². The SMILES string of the molecule is CC(CC(=O)N1CCCC(C2(C)N=N2)C1)c1ccc(F)cc1. The molecule has 1 aromatic carbocycles. The Hall–Kier alpha value is -1.78. The monoisotopic (exact) mass is 303 g/mol. The van der Waals surface area contributed by atoms with Crippen LogP contribution < -0.4 is 0 Å². The molecule has 2 aliphatic rings. The van der Waals surface area contributed by atoms with Crippen molar-refractivity contribution in [2.24, 2.45) is 16.1 Å². The van der Waals surface area contributed by atoms with E-state index in [-0.39, 0.29) is 23.3 Å². The number of hydrogen-bond donors (Lipinski definition) is 0. The zero-order chi connectivity index (χ0) is 15.7. The fourth-order valence-corrected chi connectivity index (χ4v) is 3.19. The van der Waals surface area contributed by atoms with Gasteiger partial charge in [0.25, 0.3) is 0 Å². The number of carbonyl (C=O) groups excluding carboxylic acids is 1. The minimum atomic E-state index is -0.248. The third-order valence-corrected chi connectivity index (χ3v) is 4.88. The molecule has 2 unspecified atom stereocenters. The molecular formula is C17H22FN3O. The lowest BCUT2D eigenvalue weighted by Crippen LogP contribution is -2.44. The van der Waals surface area contributed by atoms with Crippen LogP contribution in [0.2, 0.25) is 0 Å². The zero-order valence-electron chi connectivity index (χ0n) is 13.1. The molecule has 3 rings (SSSR count). The molecule has 1 aromatic rings. The van der Waals surface area contributed by atoms with Gasteiger partial charge in [-0.1, -0.05) is 19.1 Å². The van der Waals surface area contributed by atoms with E-state index < -0.39 is 0 Å². The van der Waals surface area contributed by atoms with E-state index in [1.165, 1.54) is 12.1 Å². The third kappa shape index (κ3) is 3.18. The maximum Gasteiger partial charge on any atom is 0.223 e. The van der Waals surface area contributed by atoms with Crippen molar-refractivity contribution in [1.82, 2.24) is 4.90 Å². The average molecular weight is 303 g/mol. The molecule has 2 heterocycles. The van der Waals surface area contributed by atoms with Crippen molar-refractivity contribution < 1.29 is 9.18 Å². The molecule has 2 aliphatic heterocycles. The van der Waals surface area contributed by atoms with Gasteiger partial charge in [-0.05, 0) is 43.4 Å². The summed E-state index contributed by atoms with van der Waals surface area (Å²) in [6.45, 7) is 5.62. The summed E-state index contributed by atoms with van der Waals surface area (Å²) in [4.78, 5) is 14.5. The van der Waals surface area contributed by atoms with Crippen LogP contribution in [-0.2, 0) is 4.79 Å². The van der Waals surface area contributed by atoms with E-state index in [1.54, 1.807) is 12.1 Å². The Morgan fingerprint density at radius 3 is 2.73 bits per heavy atom. The highest BCUT2D eigenvalue weighted by Gasteiger charge is 2.45. The molecule has 1 saturated heterocycles. The Balaban J connectivity index is 1.58. The largest absolute Gasteiger partial charge is 0.342 e. The van der Waals surface area contributed by atoms with Crippen LogP contribution in [0.15, 0.2) is 34.5 Å². The first-order chi connectivity index (χ1) is 10.5. The first kappa shape index (κ1) is 15.1. The molecule has 0 spiro atoms. The molecule has 0 radical (unpaired) electrons. The predicted molar refractivity (Wildman–Crippen MR) is 82.0 cm³/mol. The van der Waals surface area contributed by atoms with Gasteiger partial charge < -0.3 is 4.90 Å². The van der Waals surface area contributed by atoms with Crippen LogP contribution in [0.5, 0.6) is 0 Å². The van der Waals surface area contributed by atoms with Crippen LogP contribution in [-0.4, -0.2) is 29.6 Å². The van der Waals surface area contributed by atoms with E-state index in [0.29, 0.717) is 12.3 Å². The summed E-state index contributed by atoms with van der Waals surface area (Å²) < 4.78 is 13.0. The molecule has 0 N–H and O–H groups in total. The minimum Gasteiger partial charge on any atom is -0.342 e. The highest BCUT2D eigenvalue weighted by atomic mass is 19.1. The van der Waals surface area contributed by atoms with Crippen LogP contribution in [0.1, 0.15) is 44.6 Å². The van der Waals surface area contributed by atoms with Crippen molar-refractivity contribution >= 4 is 5.91 Å². The van der Waals surface area contributed by atoms with Gasteiger partial charge in [0.2, 0.25) is 5.91 Å². The van der Waals surface area contributed by atoms with Crippen molar-refractivity contribution in [2.75, 3.05) is 13.1 Å². The molecule has 0 aromatic heterocycles. The van der Waals surface area contributed by atoms with Gasteiger partial charge in [-0.3, -0.25) is 4.79 Å². The quantitative estimate of drug-likeness (QED) is 0.835. The van der Waals surface area contributed by atoms with E-state index in [2.05, 4.69) is 10.2 Å². The second kappa shape index (κ2) is 5.78. The fraction of sp³-hybridized carbons (Fsp3) is 0.588. The molecule has 118 valence electrons. The topological polar surface area (TPSA) is 45.0 Å². The van der Waals surface area contributed by atoms with Gasteiger partial charge in [0.15, 0.2) is 5.66 Å². The van der Waals surface area contributed by atoms with Gasteiger partial charge in [-0.15, -0.1) is 0 Å². The number of halogens is 1. The Morgan fingerprint density at radius 1 is 1.41 bits per heavy atom. The van der Waals surface area contributed by atoms with Gasteiger partial charge in [0.1, 0.15) is 5.82 Å².